The van der Waals surface area contributed by atoms with Crippen LogP contribution in [0.25, 0.3) is 0 Å². The first-order chi connectivity index (χ1) is 10.2. The maximum atomic E-state index is 5.63. The molecule has 0 aromatic heterocycles. The Kier molecular flexibility index (Phi) is 6.21. The number of benzene rings is 1. The Balaban J connectivity index is 2.03. The van der Waals surface area contributed by atoms with Crippen LogP contribution in [-0.2, 0) is 4.74 Å². The van der Waals surface area contributed by atoms with Crippen molar-refractivity contribution >= 4 is 11.8 Å². The Morgan fingerprint density at radius 2 is 2.10 bits per heavy atom. The van der Waals surface area contributed by atoms with Crippen molar-refractivity contribution in [2.75, 3.05) is 33.6 Å². The van der Waals surface area contributed by atoms with Crippen LogP contribution in [0.15, 0.2) is 18.2 Å². The fourth-order valence-electron chi connectivity index (χ4n) is 2.57. The van der Waals surface area contributed by atoms with Crippen LogP contribution >= 0.6 is 11.8 Å². The molecule has 3 atom stereocenters. The van der Waals surface area contributed by atoms with Gasteiger partial charge in [-0.1, -0.05) is 6.07 Å². The van der Waals surface area contributed by atoms with Crippen molar-refractivity contribution in [1.82, 2.24) is 5.32 Å². The summed E-state index contributed by atoms with van der Waals surface area (Å²) in [7, 11) is 5.32. The molecule has 21 heavy (non-hydrogen) atoms. The van der Waals surface area contributed by atoms with E-state index in [9.17, 15) is 0 Å². The summed E-state index contributed by atoms with van der Waals surface area (Å²) in [5, 5.41) is 3.99. The lowest BCUT2D eigenvalue weighted by Gasteiger charge is -2.21. The van der Waals surface area contributed by atoms with Crippen LogP contribution in [-0.4, -0.2) is 45.0 Å². The number of thioether (sulfide) groups is 1. The summed E-state index contributed by atoms with van der Waals surface area (Å²) < 4.78 is 16.3. The first-order valence-electron chi connectivity index (χ1n) is 7.32. The standard InChI is InChI=1S/C16H25NO3S/c1-11-16(7-8-20-11)21-10-13(17-2)12-5-6-14(18-3)15(9-12)19-4/h5-6,9,11,13,16-17H,7-8,10H2,1-4H3. The topological polar surface area (TPSA) is 39.7 Å². The highest BCUT2D eigenvalue weighted by Gasteiger charge is 2.25. The molecule has 1 aliphatic rings. The zero-order valence-corrected chi connectivity index (χ0v) is 14.0. The lowest BCUT2D eigenvalue weighted by atomic mass is 10.1. The minimum atomic E-state index is 0.294. The number of nitrogens with one attached hydrogen (secondary N) is 1. The number of hydrogen-bond donors (Lipinski definition) is 1. The van der Waals surface area contributed by atoms with E-state index >= 15 is 0 Å². The number of ether oxygens (including phenoxy) is 3. The van der Waals surface area contributed by atoms with Crippen LogP contribution in [0, 0.1) is 0 Å². The fraction of sp³-hybridized carbons (Fsp3) is 0.625. The molecule has 0 saturated carbocycles. The van der Waals surface area contributed by atoms with Crippen molar-refractivity contribution < 1.29 is 14.2 Å². The largest absolute Gasteiger partial charge is 0.493 e. The van der Waals surface area contributed by atoms with Crippen molar-refractivity contribution in [2.45, 2.75) is 30.7 Å². The van der Waals surface area contributed by atoms with Crippen LogP contribution in [0.2, 0.25) is 0 Å². The van der Waals surface area contributed by atoms with Gasteiger partial charge in [0.1, 0.15) is 0 Å². The third kappa shape index (κ3) is 4.05. The number of hydrogen-bond acceptors (Lipinski definition) is 5. The van der Waals surface area contributed by atoms with Gasteiger partial charge in [-0.15, -0.1) is 0 Å². The lowest BCUT2D eigenvalue weighted by molar-refractivity contribution is 0.127. The van der Waals surface area contributed by atoms with Crippen LogP contribution < -0.4 is 14.8 Å². The maximum Gasteiger partial charge on any atom is 0.161 e. The van der Waals surface area contributed by atoms with Crippen LogP contribution in [0.4, 0.5) is 0 Å². The molecule has 0 bridgehead atoms. The summed E-state index contributed by atoms with van der Waals surface area (Å²) in [5.41, 5.74) is 1.22. The SMILES string of the molecule is CNC(CSC1CCOC1C)c1ccc(OC)c(OC)c1. The van der Waals surface area contributed by atoms with E-state index in [1.807, 2.05) is 24.9 Å². The molecule has 5 heteroatoms. The van der Waals surface area contributed by atoms with Crippen LogP contribution in [0.1, 0.15) is 24.9 Å². The normalized spacial score (nSPS) is 23.0. The third-order valence-electron chi connectivity index (χ3n) is 3.94. The molecule has 0 amide bonds. The molecule has 0 aliphatic carbocycles. The number of rotatable bonds is 7. The van der Waals surface area contributed by atoms with E-state index < -0.39 is 0 Å². The molecule has 1 saturated heterocycles. The van der Waals surface area contributed by atoms with E-state index in [2.05, 4.69) is 24.4 Å². The Morgan fingerprint density at radius 1 is 1.33 bits per heavy atom. The summed E-state index contributed by atoms with van der Waals surface area (Å²) in [5.74, 6) is 2.56. The molecule has 2 rings (SSSR count). The van der Waals surface area contributed by atoms with Crippen molar-refractivity contribution in [2.24, 2.45) is 0 Å². The first kappa shape index (κ1) is 16.5. The van der Waals surface area contributed by atoms with E-state index in [0.29, 0.717) is 17.4 Å². The summed E-state index contributed by atoms with van der Waals surface area (Å²) in [6.07, 6.45) is 1.51. The van der Waals surface area contributed by atoms with Crippen molar-refractivity contribution in [3.8, 4) is 11.5 Å². The quantitative estimate of drug-likeness (QED) is 0.838. The molecule has 0 spiro atoms. The highest BCUT2D eigenvalue weighted by Crippen LogP contribution is 2.33. The van der Waals surface area contributed by atoms with Gasteiger partial charge in [0.15, 0.2) is 11.5 Å². The van der Waals surface area contributed by atoms with Gasteiger partial charge in [0.05, 0.1) is 20.3 Å². The molecule has 1 aliphatic heterocycles. The van der Waals surface area contributed by atoms with Gasteiger partial charge in [-0.25, -0.2) is 0 Å². The van der Waals surface area contributed by atoms with Gasteiger partial charge >= 0.3 is 0 Å². The fourth-order valence-corrected chi connectivity index (χ4v) is 3.98. The molecule has 3 unspecified atom stereocenters. The zero-order valence-electron chi connectivity index (χ0n) is 13.2. The van der Waals surface area contributed by atoms with Crippen molar-refractivity contribution in [3.63, 3.8) is 0 Å². The highest BCUT2D eigenvalue weighted by atomic mass is 32.2. The molecule has 4 nitrogen and oxygen atoms in total. The average molecular weight is 311 g/mol. The van der Waals surface area contributed by atoms with E-state index in [1.165, 1.54) is 5.56 Å². The Labute approximate surface area is 131 Å². The molecule has 118 valence electrons. The molecular formula is C16H25NO3S. The van der Waals surface area contributed by atoms with Gasteiger partial charge in [-0.2, -0.15) is 11.8 Å². The van der Waals surface area contributed by atoms with Crippen molar-refractivity contribution in [3.05, 3.63) is 23.8 Å². The van der Waals surface area contributed by atoms with Gasteiger partial charge in [0.2, 0.25) is 0 Å². The molecule has 1 aromatic carbocycles. The molecule has 1 heterocycles. The second-order valence-corrected chi connectivity index (χ2v) is 6.46. The lowest BCUT2D eigenvalue weighted by Crippen LogP contribution is -2.22. The summed E-state index contributed by atoms with van der Waals surface area (Å²) >= 11 is 1.98. The molecular weight excluding hydrogens is 286 g/mol. The van der Waals surface area contributed by atoms with E-state index in [4.69, 9.17) is 14.2 Å². The molecule has 0 radical (unpaired) electrons. The summed E-state index contributed by atoms with van der Waals surface area (Å²) in [6, 6.07) is 6.40. The average Bonchev–Trinajstić information content (AvgIpc) is 2.93. The third-order valence-corrected chi connectivity index (χ3v) is 5.51. The van der Waals surface area contributed by atoms with Gasteiger partial charge < -0.3 is 19.5 Å². The Bertz CT molecular complexity index is 455. The highest BCUT2D eigenvalue weighted by molar-refractivity contribution is 8.00. The predicted octanol–water partition coefficient (Wildman–Crippen LogP) is 2.87. The second kappa shape index (κ2) is 7.92. The van der Waals surface area contributed by atoms with E-state index in [0.717, 1.165) is 30.3 Å². The first-order valence-corrected chi connectivity index (χ1v) is 8.36. The van der Waals surface area contributed by atoms with Crippen LogP contribution in [0.5, 0.6) is 11.5 Å². The van der Waals surface area contributed by atoms with E-state index in [-0.39, 0.29) is 0 Å². The van der Waals surface area contributed by atoms with Gasteiger partial charge in [0, 0.05) is 23.7 Å². The van der Waals surface area contributed by atoms with Crippen molar-refractivity contribution in [1.29, 1.82) is 0 Å². The Hall–Kier alpha value is -0.910. The minimum Gasteiger partial charge on any atom is -0.493 e. The molecule has 1 N–H and O–H groups in total. The summed E-state index contributed by atoms with van der Waals surface area (Å²) in [6.45, 7) is 3.05. The van der Waals surface area contributed by atoms with Gasteiger partial charge in [-0.3, -0.25) is 0 Å². The predicted molar refractivity (Wildman–Crippen MR) is 87.6 cm³/mol. The molecule has 1 fully saturated rings. The number of methoxy groups -OCH3 is 2. The minimum absolute atomic E-state index is 0.294. The monoisotopic (exact) mass is 311 g/mol. The second-order valence-electron chi connectivity index (χ2n) is 5.19. The zero-order chi connectivity index (χ0) is 15.2. The van der Waals surface area contributed by atoms with Gasteiger partial charge in [0.25, 0.3) is 0 Å². The maximum absolute atomic E-state index is 5.63. The smallest absolute Gasteiger partial charge is 0.161 e. The Morgan fingerprint density at radius 3 is 2.67 bits per heavy atom. The molecule has 1 aromatic rings. The van der Waals surface area contributed by atoms with E-state index in [1.54, 1.807) is 14.2 Å². The van der Waals surface area contributed by atoms with Gasteiger partial charge in [-0.05, 0) is 38.1 Å². The summed E-state index contributed by atoms with van der Waals surface area (Å²) in [4.78, 5) is 0. The van der Waals surface area contributed by atoms with Crippen LogP contribution in [0.3, 0.4) is 0 Å².